The van der Waals surface area contributed by atoms with Gasteiger partial charge in [0.25, 0.3) is 0 Å². The molecule has 17 nitrogen and oxygen atoms in total. The van der Waals surface area contributed by atoms with E-state index in [0.29, 0.717) is 31.6 Å². The molecule has 96 heavy (non-hydrogen) atoms. The second-order valence-electron chi connectivity index (χ2n) is 28.9. The molecular weight excluding hydrogens is 1260 g/mol. The summed E-state index contributed by atoms with van der Waals surface area (Å²) in [4.78, 5) is 72.8. The topological polar surface area (TPSA) is 237 Å². The number of unbranched alkanes of at least 4 members (excludes halogenated alkanes) is 42. The van der Waals surface area contributed by atoms with Crippen LogP contribution in [-0.4, -0.2) is 96.7 Å². The summed E-state index contributed by atoms with van der Waals surface area (Å²) in [5.41, 5.74) is 0. The molecule has 0 fully saturated rings. The first-order chi connectivity index (χ1) is 46.3. The van der Waals surface area contributed by atoms with Crippen molar-refractivity contribution in [2.75, 3.05) is 39.6 Å². The number of rotatable bonds is 75. The minimum atomic E-state index is -4.96. The quantitative estimate of drug-likeness (QED) is 0.0222. The maximum Gasteiger partial charge on any atom is 0.472 e. The highest BCUT2D eigenvalue weighted by molar-refractivity contribution is 7.47. The first-order valence-corrected chi connectivity index (χ1v) is 42.9. The van der Waals surface area contributed by atoms with E-state index in [0.717, 1.165) is 108 Å². The number of carbonyl (C=O) groups excluding carboxylic acids is 4. The second-order valence-corrected chi connectivity index (χ2v) is 31.8. The van der Waals surface area contributed by atoms with Gasteiger partial charge in [0.15, 0.2) is 12.2 Å². The maximum atomic E-state index is 13.1. The van der Waals surface area contributed by atoms with Crippen LogP contribution in [0, 0.1) is 17.8 Å². The Morgan fingerprint density at radius 1 is 0.302 bits per heavy atom. The Balaban J connectivity index is 5.23. The van der Waals surface area contributed by atoms with E-state index < -0.39 is 97.5 Å². The normalized spacial score (nSPS) is 14.3. The van der Waals surface area contributed by atoms with Gasteiger partial charge < -0.3 is 33.8 Å². The number of aliphatic hydroxyl groups is 1. The molecule has 0 aromatic rings. The minimum Gasteiger partial charge on any atom is -0.462 e. The highest BCUT2D eigenvalue weighted by Gasteiger charge is 2.30. The van der Waals surface area contributed by atoms with Crippen LogP contribution >= 0.6 is 15.6 Å². The molecule has 0 aliphatic carbocycles. The van der Waals surface area contributed by atoms with Crippen LogP contribution in [0.5, 0.6) is 0 Å². The second kappa shape index (κ2) is 67.5. The van der Waals surface area contributed by atoms with Gasteiger partial charge in [-0.05, 0) is 43.4 Å². The number of aliphatic hydroxyl groups excluding tert-OH is 1. The van der Waals surface area contributed by atoms with E-state index in [1.54, 1.807) is 0 Å². The number of phosphoric acid groups is 2. The lowest BCUT2D eigenvalue weighted by Crippen LogP contribution is -2.30. The van der Waals surface area contributed by atoms with Gasteiger partial charge in [-0.15, -0.1) is 0 Å². The summed E-state index contributed by atoms with van der Waals surface area (Å²) in [6.45, 7) is 11.9. The number of hydrogen-bond acceptors (Lipinski definition) is 15. The predicted octanol–water partition coefficient (Wildman–Crippen LogP) is 22.6. The third kappa shape index (κ3) is 69.2. The minimum absolute atomic E-state index is 0.105. The molecule has 0 aliphatic rings. The van der Waals surface area contributed by atoms with E-state index in [2.05, 4.69) is 48.5 Å². The average Bonchev–Trinajstić information content (AvgIpc) is 1.23. The molecule has 3 unspecified atom stereocenters. The Bertz CT molecular complexity index is 1870. The van der Waals surface area contributed by atoms with Crippen LogP contribution in [0.3, 0.4) is 0 Å². The molecule has 6 atom stereocenters. The number of esters is 4. The van der Waals surface area contributed by atoms with Crippen molar-refractivity contribution in [2.45, 2.75) is 414 Å². The van der Waals surface area contributed by atoms with Crippen LogP contribution in [0.15, 0.2) is 0 Å². The van der Waals surface area contributed by atoms with E-state index in [4.69, 9.17) is 37.0 Å². The highest BCUT2D eigenvalue weighted by Crippen LogP contribution is 2.45. The number of ether oxygens (including phenoxy) is 4. The van der Waals surface area contributed by atoms with Crippen molar-refractivity contribution in [3.8, 4) is 0 Å². The maximum absolute atomic E-state index is 13.1. The molecule has 570 valence electrons. The number of phosphoric ester groups is 2. The Kier molecular flexibility index (Phi) is 66.2. The molecule has 0 heterocycles. The first-order valence-electron chi connectivity index (χ1n) is 39.9. The summed E-state index contributed by atoms with van der Waals surface area (Å²) in [7, 11) is -9.91. The van der Waals surface area contributed by atoms with Gasteiger partial charge in [0, 0.05) is 25.7 Å². The molecule has 0 rings (SSSR count). The van der Waals surface area contributed by atoms with E-state index in [1.165, 1.54) is 199 Å². The Morgan fingerprint density at radius 3 is 0.792 bits per heavy atom. The lowest BCUT2D eigenvalue weighted by atomic mass is 9.99. The number of hydrogen-bond donors (Lipinski definition) is 3. The summed E-state index contributed by atoms with van der Waals surface area (Å²) in [5.74, 6) is 0.135. The van der Waals surface area contributed by atoms with Crippen molar-refractivity contribution >= 4 is 39.5 Å². The van der Waals surface area contributed by atoms with Crippen molar-refractivity contribution in [3.05, 3.63) is 0 Å². The smallest absolute Gasteiger partial charge is 0.462 e. The number of carbonyl (C=O) groups is 4. The summed E-state index contributed by atoms with van der Waals surface area (Å²) >= 11 is 0. The average molecular weight is 1410 g/mol. The summed E-state index contributed by atoms with van der Waals surface area (Å²) in [6, 6.07) is 0. The molecule has 19 heteroatoms. The monoisotopic (exact) mass is 1410 g/mol. The molecule has 0 aromatic carbocycles. The zero-order chi connectivity index (χ0) is 70.9. The van der Waals surface area contributed by atoms with Crippen molar-refractivity contribution in [1.29, 1.82) is 0 Å². The molecular formula is C77H150O17P2. The van der Waals surface area contributed by atoms with Crippen molar-refractivity contribution in [1.82, 2.24) is 0 Å². The third-order valence-corrected chi connectivity index (χ3v) is 20.1. The van der Waals surface area contributed by atoms with Gasteiger partial charge in [-0.2, -0.15) is 0 Å². The Labute approximate surface area is 588 Å². The zero-order valence-electron chi connectivity index (χ0n) is 62.8. The molecule has 0 spiro atoms. The molecule has 0 aromatic heterocycles. The van der Waals surface area contributed by atoms with Crippen molar-refractivity contribution < 1.29 is 80.2 Å². The lowest BCUT2D eigenvalue weighted by Gasteiger charge is -2.21. The van der Waals surface area contributed by atoms with Crippen molar-refractivity contribution in [2.24, 2.45) is 17.8 Å². The fourth-order valence-electron chi connectivity index (χ4n) is 11.7. The first kappa shape index (κ1) is 94.1. The highest BCUT2D eigenvalue weighted by atomic mass is 31.2. The summed E-state index contributed by atoms with van der Waals surface area (Å²) < 4.78 is 68.5. The van der Waals surface area contributed by atoms with Gasteiger partial charge >= 0.3 is 39.5 Å². The molecule has 0 radical (unpaired) electrons. The molecule has 3 N–H and O–H groups in total. The molecule has 0 saturated carbocycles. The third-order valence-electron chi connectivity index (χ3n) is 18.2. The standard InChI is InChI=1S/C77H150O17P2/c1-8-10-11-12-13-14-15-16-17-18-19-20-21-22-25-32-37-46-53-60-76(81)93-72(64-87-74(79)58-51-44-36-31-26-23-24-29-34-41-48-55-68(3)4)66-91-95(83,84)89-62-71(78)63-90-96(85,86)92-67-73(65-88-75(80)59-52-45-40-39-42-49-56-69(5)6)94-77(82)61-54-47-38-33-28-27-30-35-43-50-57-70(7)9-2/h68-73,78H,8-67H2,1-7H3,(H,83,84)(H,85,86)/t70?,71-,72-,73-/m1/s1. The van der Waals surface area contributed by atoms with Gasteiger partial charge in [-0.25, -0.2) is 9.13 Å². The van der Waals surface area contributed by atoms with Gasteiger partial charge in [-0.1, -0.05) is 344 Å². The largest absolute Gasteiger partial charge is 0.472 e. The van der Waals surface area contributed by atoms with Crippen LogP contribution in [0.25, 0.3) is 0 Å². The SMILES string of the molecule is CCCCCCCCCCCCCCCCCCCCCC(=O)O[C@H](COC(=O)CCCCCCCCCCCCCC(C)C)COP(=O)(O)OC[C@@H](O)COP(=O)(O)OC[C@@H](COC(=O)CCCCCCCCC(C)C)OC(=O)CCCCCCCCCCCCC(C)CC. The fraction of sp³-hybridized carbons (Fsp3) is 0.948. The Morgan fingerprint density at radius 2 is 0.531 bits per heavy atom. The molecule has 0 aliphatic heterocycles. The Hall–Kier alpha value is -1.94. The van der Waals surface area contributed by atoms with Crippen LogP contribution in [0.2, 0.25) is 0 Å². The zero-order valence-corrected chi connectivity index (χ0v) is 64.6. The van der Waals surface area contributed by atoms with Crippen LogP contribution in [0.4, 0.5) is 0 Å². The lowest BCUT2D eigenvalue weighted by molar-refractivity contribution is -0.161. The van der Waals surface area contributed by atoms with Gasteiger partial charge in [-0.3, -0.25) is 37.3 Å². The summed E-state index contributed by atoms with van der Waals surface area (Å²) in [6.07, 6.45) is 54.2. The van der Waals surface area contributed by atoms with E-state index in [9.17, 15) is 43.2 Å². The van der Waals surface area contributed by atoms with Gasteiger partial charge in [0.1, 0.15) is 19.3 Å². The van der Waals surface area contributed by atoms with E-state index in [-0.39, 0.29) is 25.7 Å². The van der Waals surface area contributed by atoms with Crippen LogP contribution in [0.1, 0.15) is 395 Å². The van der Waals surface area contributed by atoms with E-state index >= 15 is 0 Å². The van der Waals surface area contributed by atoms with Gasteiger partial charge in [0.2, 0.25) is 0 Å². The molecule has 0 amide bonds. The van der Waals surface area contributed by atoms with Crippen molar-refractivity contribution in [3.63, 3.8) is 0 Å². The van der Waals surface area contributed by atoms with E-state index in [1.807, 2.05) is 0 Å². The molecule has 0 bridgehead atoms. The fourth-order valence-corrected chi connectivity index (χ4v) is 13.3. The predicted molar refractivity (Wildman–Crippen MR) is 391 cm³/mol. The van der Waals surface area contributed by atoms with Crippen LogP contribution < -0.4 is 0 Å². The van der Waals surface area contributed by atoms with Gasteiger partial charge in [0.05, 0.1) is 26.4 Å². The van der Waals surface area contributed by atoms with Crippen LogP contribution in [-0.2, 0) is 65.4 Å². The summed E-state index contributed by atoms with van der Waals surface area (Å²) in [5, 5.41) is 10.6. The molecule has 0 saturated heterocycles.